The second-order valence-electron chi connectivity index (χ2n) is 8.19. The van der Waals surface area contributed by atoms with Crippen molar-refractivity contribution in [2.24, 2.45) is 0 Å². The molecule has 2 heterocycles. The maximum absolute atomic E-state index is 13.0. The van der Waals surface area contributed by atoms with Crippen molar-refractivity contribution in [3.8, 4) is 0 Å². The number of hydrogen-bond acceptors (Lipinski definition) is 5. The Kier molecular flexibility index (Phi) is 5.58. The first-order chi connectivity index (χ1) is 15.5. The molecule has 0 radical (unpaired) electrons. The van der Waals surface area contributed by atoms with Crippen LogP contribution in [0, 0.1) is 0 Å². The van der Waals surface area contributed by atoms with Crippen LogP contribution in [0.5, 0.6) is 0 Å². The predicted octanol–water partition coefficient (Wildman–Crippen LogP) is 2.68. The lowest BCUT2D eigenvalue weighted by Crippen LogP contribution is -2.53. The summed E-state index contributed by atoms with van der Waals surface area (Å²) < 4.78 is 34.3. The third kappa shape index (κ3) is 3.97. The van der Waals surface area contributed by atoms with Crippen LogP contribution < -0.4 is 4.72 Å². The van der Waals surface area contributed by atoms with Crippen LogP contribution in [0.1, 0.15) is 27.7 Å². The third-order valence-electron chi connectivity index (χ3n) is 6.28. The van der Waals surface area contributed by atoms with Gasteiger partial charge in [0, 0.05) is 32.2 Å². The van der Waals surface area contributed by atoms with Gasteiger partial charge in [0.15, 0.2) is 5.76 Å². The number of hydrogen-bond donors (Lipinski definition) is 1. The van der Waals surface area contributed by atoms with Gasteiger partial charge >= 0.3 is 0 Å². The molecule has 1 aromatic heterocycles. The van der Waals surface area contributed by atoms with Gasteiger partial charge in [0.1, 0.15) is 0 Å². The molecule has 0 spiro atoms. The van der Waals surface area contributed by atoms with Gasteiger partial charge in [0.25, 0.3) is 5.91 Å². The van der Waals surface area contributed by atoms with Crippen LogP contribution in [0.2, 0.25) is 0 Å². The quantitative estimate of drug-likeness (QED) is 0.645. The number of nitrogens with zero attached hydrogens (tertiary/aromatic N) is 2. The normalized spacial score (nSPS) is 21.4. The highest BCUT2D eigenvalue weighted by Crippen LogP contribution is 2.37. The number of piperazine rings is 1. The van der Waals surface area contributed by atoms with E-state index < -0.39 is 10.0 Å². The summed E-state index contributed by atoms with van der Waals surface area (Å²) >= 11 is 0. The Morgan fingerprint density at radius 3 is 2.34 bits per heavy atom. The molecule has 8 heteroatoms. The van der Waals surface area contributed by atoms with Gasteiger partial charge in [0.05, 0.1) is 17.2 Å². The van der Waals surface area contributed by atoms with E-state index in [1.165, 1.54) is 6.26 Å². The molecule has 1 amide bonds. The molecule has 1 fully saturated rings. The van der Waals surface area contributed by atoms with Gasteiger partial charge in [0.2, 0.25) is 10.0 Å². The first kappa shape index (κ1) is 20.9. The molecular weight excluding hydrogens is 426 g/mol. The maximum atomic E-state index is 13.0. The fraction of sp³-hybridized carbons (Fsp3) is 0.292. The molecule has 0 unspecified atom stereocenters. The molecule has 1 aliphatic heterocycles. The second kappa shape index (κ2) is 8.54. The molecule has 0 bridgehead atoms. The molecular formula is C24H25N3O4S. The number of furan rings is 1. The van der Waals surface area contributed by atoms with Crippen LogP contribution in [-0.4, -0.2) is 56.3 Å². The van der Waals surface area contributed by atoms with Crippen LogP contribution in [-0.2, 0) is 16.4 Å². The highest BCUT2D eigenvalue weighted by molar-refractivity contribution is 7.89. The topological polar surface area (TPSA) is 82.9 Å². The molecule has 3 aromatic rings. The number of carbonyl (C=O) groups excluding carboxylic acids is 1. The van der Waals surface area contributed by atoms with Crippen LogP contribution in [0.3, 0.4) is 0 Å². The summed E-state index contributed by atoms with van der Waals surface area (Å²) in [5.41, 5.74) is 2.31. The van der Waals surface area contributed by atoms with Crippen LogP contribution in [0.15, 0.2) is 82.3 Å². The minimum Gasteiger partial charge on any atom is -0.459 e. The molecule has 1 N–H and O–H groups in total. The average molecular weight is 452 g/mol. The molecule has 5 rings (SSSR count). The Bertz CT molecular complexity index is 1190. The van der Waals surface area contributed by atoms with Crippen molar-refractivity contribution in [3.05, 3.63) is 89.9 Å². The lowest BCUT2D eigenvalue weighted by molar-refractivity contribution is 0.0518. The zero-order valence-corrected chi connectivity index (χ0v) is 18.4. The van der Waals surface area contributed by atoms with Gasteiger partial charge in [-0.2, -0.15) is 0 Å². The van der Waals surface area contributed by atoms with Crippen molar-refractivity contribution >= 4 is 15.9 Å². The summed E-state index contributed by atoms with van der Waals surface area (Å²) in [4.78, 5) is 17.0. The van der Waals surface area contributed by atoms with Crippen molar-refractivity contribution < 1.29 is 17.6 Å². The van der Waals surface area contributed by atoms with E-state index in [2.05, 4.69) is 21.8 Å². The fourth-order valence-electron chi connectivity index (χ4n) is 4.76. The van der Waals surface area contributed by atoms with E-state index in [0.29, 0.717) is 38.4 Å². The lowest BCUT2D eigenvalue weighted by atomic mass is 10.0. The third-order valence-corrected chi connectivity index (χ3v) is 7.79. The lowest BCUT2D eigenvalue weighted by Gasteiger charge is -2.40. The van der Waals surface area contributed by atoms with E-state index in [0.717, 1.165) is 11.1 Å². The van der Waals surface area contributed by atoms with Gasteiger partial charge in [-0.05, 0) is 41.8 Å². The second-order valence-corrected chi connectivity index (χ2v) is 9.91. The van der Waals surface area contributed by atoms with Crippen molar-refractivity contribution in [1.29, 1.82) is 0 Å². The van der Waals surface area contributed by atoms with Crippen LogP contribution in [0.25, 0.3) is 0 Å². The monoisotopic (exact) mass is 451 g/mol. The number of fused-ring (bicyclic) bond motifs is 1. The fourth-order valence-corrected chi connectivity index (χ4v) is 6.02. The Morgan fingerprint density at radius 1 is 0.906 bits per heavy atom. The number of benzene rings is 2. The van der Waals surface area contributed by atoms with Gasteiger partial charge in [-0.25, -0.2) is 13.1 Å². The SMILES string of the molecule is O=C(c1ccco1)N1CCN([C@@H]2c3ccccc3C[C@@H]2NS(=O)(=O)c2ccccc2)CC1. The van der Waals surface area contributed by atoms with Crippen LogP contribution in [0.4, 0.5) is 0 Å². The summed E-state index contributed by atoms with van der Waals surface area (Å²) in [6.45, 7) is 2.46. The van der Waals surface area contributed by atoms with E-state index in [-0.39, 0.29) is 22.9 Å². The summed E-state index contributed by atoms with van der Waals surface area (Å²) in [7, 11) is -3.64. The first-order valence-electron chi connectivity index (χ1n) is 10.7. The summed E-state index contributed by atoms with van der Waals surface area (Å²) in [5.74, 6) is 0.237. The van der Waals surface area contributed by atoms with Gasteiger partial charge in [-0.15, -0.1) is 0 Å². The first-order valence-corrected chi connectivity index (χ1v) is 12.2. The number of sulfonamides is 1. The molecule has 2 aliphatic rings. The predicted molar refractivity (Wildman–Crippen MR) is 120 cm³/mol. The van der Waals surface area contributed by atoms with Gasteiger partial charge in [-0.1, -0.05) is 42.5 Å². The van der Waals surface area contributed by atoms with Crippen molar-refractivity contribution in [2.75, 3.05) is 26.2 Å². The largest absolute Gasteiger partial charge is 0.459 e. The number of nitrogens with one attached hydrogen (secondary N) is 1. The zero-order chi connectivity index (χ0) is 22.1. The molecule has 1 saturated heterocycles. The molecule has 2 aromatic carbocycles. The van der Waals surface area contributed by atoms with Crippen LogP contribution >= 0.6 is 0 Å². The van der Waals surface area contributed by atoms with Gasteiger partial charge in [-0.3, -0.25) is 9.69 Å². The highest BCUT2D eigenvalue weighted by atomic mass is 32.2. The Balaban J connectivity index is 1.35. The number of rotatable bonds is 5. The Morgan fingerprint density at radius 2 is 1.62 bits per heavy atom. The van der Waals surface area contributed by atoms with Gasteiger partial charge < -0.3 is 9.32 Å². The standard InChI is InChI=1S/C24H25N3O4S/c28-24(22-11-6-16-31-22)27-14-12-26(13-15-27)23-20-10-5-4-7-18(20)17-21(23)25-32(29,30)19-8-2-1-3-9-19/h1-11,16,21,23,25H,12-15,17H2/t21-,23+/m0/s1. The maximum Gasteiger partial charge on any atom is 0.289 e. The van der Waals surface area contributed by atoms with E-state index in [1.807, 2.05) is 12.1 Å². The molecule has 1 aliphatic carbocycles. The highest BCUT2D eigenvalue weighted by Gasteiger charge is 2.40. The Labute approximate surface area is 187 Å². The molecule has 2 atom stereocenters. The molecule has 0 saturated carbocycles. The van der Waals surface area contributed by atoms with E-state index in [1.54, 1.807) is 47.4 Å². The average Bonchev–Trinajstić information content (AvgIpc) is 3.47. The molecule has 32 heavy (non-hydrogen) atoms. The summed E-state index contributed by atoms with van der Waals surface area (Å²) in [6, 6.07) is 19.6. The van der Waals surface area contributed by atoms with E-state index in [9.17, 15) is 13.2 Å². The van der Waals surface area contributed by atoms with Crippen molar-refractivity contribution in [2.45, 2.75) is 23.4 Å². The minimum atomic E-state index is -3.64. The minimum absolute atomic E-state index is 0.0782. The summed E-state index contributed by atoms with van der Waals surface area (Å²) in [5, 5.41) is 0. The molecule has 7 nitrogen and oxygen atoms in total. The van der Waals surface area contributed by atoms with E-state index >= 15 is 0 Å². The summed E-state index contributed by atoms with van der Waals surface area (Å²) in [6.07, 6.45) is 2.14. The Hall–Kier alpha value is -2.94. The van der Waals surface area contributed by atoms with Crippen molar-refractivity contribution in [1.82, 2.24) is 14.5 Å². The van der Waals surface area contributed by atoms with E-state index in [4.69, 9.17) is 4.42 Å². The zero-order valence-electron chi connectivity index (χ0n) is 17.6. The van der Waals surface area contributed by atoms with Crippen molar-refractivity contribution in [3.63, 3.8) is 0 Å². The number of carbonyl (C=O) groups is 1. The molecule has 166 valence electrons. The number of amides is 1. The smallest absolute Gasteiger partial charge is 0.289 e.